The number of carbonyl (C=O) groups excluding carboxylic acids is 1. The van der Waals surface area contributed by atoms with Gasteiger partial charge in [0.1, 0.15) is 12.4 Å². The summed E-state index contributed by atoms with van der Waals surface area (Å²) in [4.78, 5) is 17.6. The number of amides is 1. The van der Waals surface area contributed by atoms with Crippen LogP contribution in [0.4, 0.5) is 0 Å². The Morgan fingerprint density at radius 1 is 1.24 bits per heavy atom. The molecule has 6 heteroatoms. The molecule has 21 heavy (non-hydrogen) atoms. The van der Waals surface area contributed by atoms with E-state index in [0.29, 0.717) is 34.5 Å². The molecule has 0 aliphatic heterocycles. The van der Waals surface area contributed by atoms with Gasteiger partial charge in [0.2, 0.25) is 0 Å². The third kappa shape index (κ3) is 4.09. The molecule has 0 radical (unpaired) electrons. The first-order valence-electron chi connectivity index (χ1n) is 6.32. The van der Waals surface area contributed by atoms with Crippen LogP contribution in [0.15, 0.2) is 42.7 Å². The minimum Gasteiger partial charge on any atom is -0.490 e. The van der Waals surface area contributed by atoms with E-state index in [0.717, 1.165) is 0 Å². The number of aromatic nitrogens is 1. The Bertz CT molecular complexity index is 635. The SMILES string of the molecule is CN(CCOc1ccccc1Cl)C(=O)c1cnccc1Cl. The lowest BCUT2D eigenvalue weighted by molar-refractivity contribution is 0.0773. The van der Waals surface area contributed by atoms with Crippen LogP contribution >= 0.6 is 23.2 Å². The minimum atomic E-state index is -0.198. The third-order valence-corrected chi connectivity index (χ3v) is 3.51. The molecular weight excluding hydrogens is 311 g/mol. The zero-order valence-electron chi connectivity index (χ0n) is 11.4. The first-order valence-corrected chi connectivity index (χ1v) is 7.07. The van der Waals surface area contributed by atoms with Crippen LogP contribution in [0.25, 0.3) is 0 Å². The van der Waals surface area contributed by atoms with Crippen molar-refractivity contribution in [3.8, 4) is 5.75 Å². The number of likely N-dealkylation sites (N-methyl/N-ethyl adjacent to an activating group) is 1. The maximum absolute atomic E-state index is 12.2. The summed E-state index contributed by atoms with van der Waals surface area (Å²) in [6.07, 6.45) is 3.00. The highest BCUT2D eigenvalue weighted by atomic mass is 35.5. The van der Waals surface area contributed by atoms with Crippen molar-refractivity contribution in [3.05, 3.63) is 58.3 Å². The van der Waals surface area contributed by atoms with Gasteiger partial charge in [-0.05, 0) is 18.2 Å². The van der Waals surface area contributed by atoms with E-state index < -0.39 is 0 Å². The van der Waals surface area contributed by atoms with Crippen LogP contribution < -0.4 is 4.74 Å². The van der Waals surface area contributed by atoms with E-state index in [9.17, 15) is 4.79 Å². The fraction of sp³-hybridized carbons (Fsp3) is 0.200. The Labute approximate surface area is 133 Å². The summed E-state index contributed by atoms with van der Waals surface area (Å²) >= 11 is 12.0. The van der Waals surface area contributed by atoms with Crippen LogP contribution in [-0.2, 0) is 0 Å². The number of benzene rings is 1. The van der Waals surface area contributed by atoms with Crippen molar-refractivity contribution in [2.75, 3.05) is 20.2 Å². The van der Waals surface area contributed by atoms with Gasteiger partial charge in [0.25, 0.3) is 5.91 Å². The van der Waals surface area contributed by atoms with Crippen LogP contribution in [0, 0.1) is 0 Å². The van der Waals surface area contributed by atoms with Gasteiger partial charge in [0.05, 0.1) is 22.2 Å². The smallest absolute Gasteiger partial charge is 0.256 e. The second kappa shape index (κ2) is 7.29. The molecule has 4 nitrogen and oxygen atoms in total. The molecule has 1 aromatic carbocycles. The largest absolute Gasteiger partial charge is 0.490 e. The first kappa shape index (κ1) is 15.6. The molecule has 0 unspecified atom stereocenters. The minimum absolute atomic E-state index is 0.198. The van der Waals surface area contributed by atoms with E-state index >= 15 is 0 Å². The summed E-state index contributed by atoms with van der Waals surface area (Å²) in [6.45, 7) is 0.749. The molecule has 1 heterocycles. The lowest BCUT2D eigenvalue weighted by atomic mass is 10.2. The third-order valence-electron chi connectivity index (χ3n) is 2.87. The Morgan fingerprint density at radius 2 is 2.00 bits per heavy atom. The maximum Gasteiger partial charge on any atom is 0.256 e. The highest BCUT2D eigenvalue weighted by molar-refractivity contribution is 6.33. The number of ether oxygens (including phenoxy) is 1. The fourth-order valence-corrected chi connectivity index (χ4v) is 2.07. The molecule has 1 amide bonds. The van der Waals surface area contributed by atoms with E-state index in [-0.39, 0.29) is 5.91 Å². The zero-order valence-corrected chi connectivity index (χ0v) is 12.9. The number of pyridine rings is 1. The molecule has 0 bridgehead atoms. The molecule has 0 saturated carbocycles. The zero-order chi connectivity index (χ0) is 15.2. The van der Waals surface area contributed by atoms with Gasteiger partial charge in [0.15, 0.2) is 0 Å². The van der Waals surface area contributed by atoms with Gasteiger partial charge in [-0.3, -0.25) is 9.78 Å². The van der Waals surface area contributed by atoms with Gasteiger partial charge in [-0.25, -0.2) is 0 Å². The molecule has 110 valence electrons. The molecule has 0 aliphatic rings. The Morgan fingerprint density at radius 3 is 2.71 bits per heavy atom. The van der Waals surface area contributed by atoms with Crippen LogP contribution in [0.5, 0.6) is 5.75 Å². The molecule has 0 saturated heterocycles. The lowest BCUT2D eigenvalue weighted by Gasteiger charge is -2.18. The van der Waals surface area contributed by atoms with Gasteiger partial charge in [-0.2, -0.15) is 0 Å². The van der Waals surface area contributed by atoms with Gasteiger partial charge in [0, 0.05) is 19.4 Å². The van der Waals surface area contributed by atoms with E-state index in [1.807, 2.05) is 12.1 Å². The first-order chi connectivity index (χ1) is 10.1. The fourth-order valence-electron chi connectivity index (χ4n) is 1.70. The summed E-state index contributed by atoms with van der Waals surface area (Å²) in [6, 6.07) is 8.78. The molecule has 2 aromatic rings. The van der Waals surface area contributed by atoms with Crippen LogP contribution in [0.3, 0.4) is 0 Å². The second-order valence-corrected chi connectivity index (χ2v) is 5.18. The molecule has 0 spiro atoms. The van der Waals surface area contributed by atoms with Gasteiger partial charge < -0.3 is 9.64 Å². The number of carbonyl (C=O) groups is 1. The van der Waals surface area contributed by atoms with Crippen molar-refractivity contribution >= 4 is 29.1 Å². The number of para-hydroxylation sites is 1. The number of nitrogens with zero attached hydrogens (tertiary/aromatic N) is 2. The summed E-state index contributed by atoms with van der Waals surface area (Å²) < 4.78 is 5.55. The van der Waals surface area contributed by atoms with Crippen molar-refractivity contribution in [2.45, 2.75) is 0 Å². The van der Waals surface area contributed by atoms with Crippen molar-refractivity contribution in [3.63, 3.8) is 0 Å². The van der Waals surface area contributed by atoms with Gasteiger partial charge >= 0.3 is 0 Å². The molecule has 0 atom stereocenters. The molecule has 0 fully saturated rings. The average Bonchev–Trinajstić information content (AvgIpc) is 2.49. The van der Waals surface area contributed by atoms with E-state index in [4.69, 9.17) is 27.9 Å². The standard InChI is InChI=1S/C15H14Cl2N2O2/c1-19(15(20)11-10-18-7-6-12(11)16)8-9-21-14-5-3-2-4-13(14)17/h2-7,10H,8-9H2,1H3. The number of halogens is 2. The number of hydrogen-bond acceptors (Lipinski definition) is 3. The monoisotopic (exact) mass is 324 g/mol. The number of rotatable bonds is 5. The molecule has 0 aliphatic carbocycles. The molecule has 2 rings (SSSR count). The summed E-state index contributed by atoms with van der Waals surface area (Å²) in [7, 11) is 1.68. The molecule has 1 aromatic heterocycles. The highest BCUT2D eigenvalue weighted by Crippen LogP contribution is 2.23. The normalized spacial score (nSPS) is 10.2. The number of hydrogen-bond donors (Lipinski definition) is 0. The summed E-state index contributed by atoms with van der Waals surface area (Å²) in [5.74, 6) is 0.398. The lowest BCUT2D eigenvalue weighted by Crippen LogP contribution is -2.31. The van der Waals surface area contributed by atoms with Crippen LogP contribution in [-0.4, -0.2) is 36.0 Å². The van der Waals surface area contributed by atoms with Crippen molar-refractivity contribution in [2.24, 2.45) is 0 Å². The van der Waals surface area contributed by atoms with E-state index in [1.54, 1.807) is 31.4 Å². The van der Waals surface area contributed by atoms with Crippen molar-refractivity contribution in [1.29, 1.82) is 0 Å². The van der Waals surface area contributed by atoms with Gasteiger partial charge in [-0.15, -0.1) is 0 Å². The maximum atomic E-state index is 12.2. The summed E-state index contributed by atoms with van der Waals surface area (Å²) in [5, 5.41) is 0.927. The predicted molar refractivity (Wildman–Crippen MR) is 83.2 cm³/mol. The van der Waals surface area contributed by atoms with Crippen LogP contribution in [0.2, 0.25) is 10.0 Å². The average molecular weight is 325 g/mol. The molecular formula is C15H14Cl2N2O2. The van der Waals surface area contributed by atoms with E-state index in [2.05, 4.69) is 4.98 Å². The Hall–Kier alpha value is -1.78. The van der Waals surface area contributed by atoms with Crippen molar-refractivity contribution in [1.82, 2.24) is 9.88 Å². The topological polar surface area (TPSA) is 42.4 Å². The van der Waals surface area contributed by atoms with E-state index in [1.165, 1.54) is 11.1 Å². The second-order valence-electron chi connectivity index (χ2n) is 4.36. The summed E-state index contributed by atoms with van der Waals surface area (Å²) in [5.41, 5.74) is 0.374. The Kier molecular flexibility index (Phi) is 5.42. The predicted octanol–water partition coefficient (Wildman–Crippen LogP) is 3.54. The molecule has 0 N–H and O–H groups in total. The van der Waals surface area contributed by atoms with Gasteiger partial charge in [-0.1, -0.05) is 35.3 Å². The van der Waals surface area contributed by atoms with Crippen molar-refractivity contribution < 1.29 is 9.53 Å². The highest BCUT2D eigenvalue weighted by Gasteiger charge is 2.15. The quantitative estimate of drug-likeness (QED) is 0.844. The van der Waals surface area contributed by atoms with Crippen LogP contribution in [0.1, 0.15) is 10.4 Å². The Balaban J connectivity index is 1.90.